The van der Waals surface area contributed by atoms with Gasteiger partial charge in [0.05, 0.1) is 33.4 Å². The molecule has 0 aliphatic carbocycles. The van der Waals surface area contributed by atoms with Gasteiger partial charge in [0.1, 0.15) is 5.75 Å². The van der Waals surface area contributed by atoms with Gasteiger partial charge in [-0.05, 0) is 48.2 Å². The van der Waals surface area contributed by atoms with Gasteiger partial charge in [0, 0.05) is 13.1 Å². The smallest absolute Gasteiger partial charge is 0.226 e. The Kier molecular flexibility index (Phi) is 6.09. The van der Waals surface area contributed by atoms with Crippen molar-refractivity contribution in [3.8, 4) is 17.2 Å². The lowest BCUT2D eigenvalue weighted by Crippen LogP contribution is -2.45. The van der Waals surface area contributed by atoms with Crippen molar-refractivity contribution in [3.05, 3.63) is 53.6 Å². The van der Waals surface area contributed by atoms with Gasteiger partial charge in [0.25, 0.3) is 0 Å². The molecule has 0 radical (unpaired) electrons. The number of benzene rings is 2. The predicted molar refractivity (Wildman–Crippen MR) is 106 cm³/mol. The molecule has 1 heterocycles. The molecule has 3 rings (SSSR count). The number of carbonyl (C=O) groups is 1. The predicted octanol–water partition coefficient (Wildman–Crippen LogP) is 2.77. The third-order valence-corrected chi connectivity index (χ3v) is 5.37. The monoisotopic (exact) mass is 385 g/mol. The summed E-state index contributed by atoms with van der Waals surface area (Å²) in [6.07, 6.45) is 1.31. The number of rotatable bonds is 6. The number of likely N-dealkylation sites (tertiary alicyclic amines) is 1. The Balaban J connectivity index is 1.61. The molecule has 0 unspecified atom stereocenters. The summed E-state index contributed by atoms with van der Waals surface area (Å²) in [5.41, 5.74) is 0.825. The van der Waals surface area contributed by atoms with Crippen molar-refractivity contribution in [2.45, 2.75) is 24.9 Å². The van der Waals surface area contributed by atoms with Crippen molar-refractivity contribution < 1.29 is 24.1 Å². The lowest BCUT2D eigenvalue weighted by Gasteiger charge is -2.38. The maximum Gasteiger partial charge on any atom is 0.226 e. The molecular formula is C22H27NO5. The van der Waals surface area contributed by atoms with E-state index >= 15 is 0 Å². The molecular weight excluding hydrogens is 358 g/mol. The van der Waals surface area contributed by atoms with Gasteiger partial charge in [-0.25, -0.2) is 0 Å². The summed E-state index contributed by atoms with van der Waals surface area (Å²) in [7, 11) is 4.78. The van der Waals surface area contributed by atoms with E-state index < -0.39 is 5.60 Å². The molecule has 6 heteroatoms. The van der Waals surface area contributed by atoms with Gasteiger partial charge in [-0.2, -0.15) is 0 Å². The molecule has 1 aliphatic rings. The van der Waals surface area contributed by atoms with E-state index in [0.717, 1.165) is 16.9 Å². The number of methoxy groups -OCH3 is 3. The first-order valence-electron chi connectivity index (χ1n) is 9.34. The van der Waals surface area contributed by atoms with Gasteiger partial charge in [-0.1, -0.05) is 18.2 Å². The Morgan fingerprint density at radius 1 is 0.964 bits per heavy atom. The van der Waals surface area contributed by atoms with Crippen LogP contribution in [0.3, 0.4) is 0 Å². The molecule has 1 amide bonds. The van der Waals surface area contributed by atoms with Crippen LogP contribution in [0.15, 0.2) is 42.5 Å². The van der Waals surface area contributed by atoms with Crippen molar-refractivity contribution in [3.63, 3.8) is 0 Å². The van der Waals surface area contributed by atoms with Gasteiger partial charge >= 0.3 is 0 Å². The number of piperidine rings is 1. The van der Waals surface area contributed by atoms with Crippen LogP contribution in [0.5, 0.6) is 17.2 Å². The summed E-state index contributed by atoms with van der Waals surface area (Å²) >= 11 is 0. The van der Waals surface area contributed by atoms with Gasteiger partial charge < -0.3 is 24.2 Å². The molecule has 2 aromatic rings. The number of aliphatic hydroxyl groups is 1. The van der Waals surface area contributed by atoms with E-state index in [1.165, 1.54) is 0 Å². The van der Waals surface area contributed by atoms with E-state index in [2.05, 4.69) is 0 Å². The van der Waals surface area contributed by atoms with E-state index in [0.29, 0.717) is 43.9 Å². The molecule has 28 heavy (non-hydrogen) atoms. The molecule has 1 fully saturated rings. The number of ether oxygens (including phenoxy) is 3. The Labute approximate surface area is 165 Å². The van der Waals surface area contributed by atoms with Gasteiger partial charge in [-0.3, -0.25) is 4.79 Å². The Morgan fingerprint density at radius 2 is 1.61 bits per heavy atom. The van der Waals surface area contributed by atoms with Crippen molar-refractivity contribution in [1.82, 2.24) is 4.90 Å². The Bertz CT molecular complexity index is 810. The first-order valence-corrected chi connectivity index (χ1v) is 9.34. The lowest BCUT2D eigenvalue weighted by molar-refractivity contribution is -0.135. The fraction of sp³-hybridized carbons (Fsp3) is 0.409. The van der Waals surface area contributed by atoms with Crippen molar-refractivity contribution in [2.24, 2.45) is 0 Å². The highest BCUT2D eigenvalue weighted by Crippen LogP contribution is 2.34. The highest BCUT2D eigenvalue weighted by atomic mass is 16.5. The summed E-state index contributed by atoms with van der Waals surface area (Å²) in [5, 5.41) is 11.0. The average molecular weight is 385 g/mol. The largest absolute Gasteiger partial charge is 0.497 e. The van der Waals surface area contributed by atoms with Crippen LogP contribution in [0.2, 0.25) is 0 Å². The Morgan fingerprint density at radius 3 is 2.18 bits per heavy atom. The van der Waals surface area contributed by atoms with Crippen molar-refractivity contribution in [1.29, 1.82) is 0 Å². The molecule has 1 N–H and O–H groups in total. The van der Waals surface area contributed by atoms with Gasteiger partial charge in [0.2, 0.25) is 5.91 Å². The minimum absolute atomic E-state index is 0.0454. The van der Waals surface area contributed by atoms with Crippen LogP contribution in [0, 0.1) is 0 Å². The second-order valence-corrected chi connectivity index (χ2v) is 7.01. The van der Waals surface area contributed by atoms with Crippen LogP contribution in [0.4, 0.5) is 0 Å². The molecule has 2 aromatic carbocycles. The fourth-order valence-electron chi connectivity index (χ4n) is 3.59. The van der Waals surface area contributed by atoms with Crippen LogP contribution < -0.4 is 14.2 Å². The van der Waals surface area contributed by atoms with E-state index in [1.54, 1.807) is 27.4 Å². The number of amides is 1. The summed E-state index contributed by atoms with van der Waals surface area (Å²) in [4.78, 5) is 14.5. The van der Waals surface area contributed by atoms with Crippen LogP contribution in [0.25, 0.3) is 0 Å². The van der Waals surface area contributed by atoms with Crippen LogP contribution in [-0.4, -0.2) is 50.3 Å². The fourth-order valence-corrected chi connectivity index (χ4v) is 3.59. The summed E-state index contributed by atoms with van der Waals surface area (Å²) < 4.78 is 15.7. The zero-order valence-corrected chi connectivity index (χ0v) is 16.6. The van der Waals surface area contributed by atoms with Gasteiger partial charge in [0.15, 0.2) is 11.5 Å². The molecule has 6 nitrogen and oxygen atoms in total. The molecule has 0 atom stereocenters. The van der Waals surface area contributed by atoms with Crippen LogP contribution >= 0.6 is 0 Å². The van der Waals surface area contributed by atoms with Gasteiger partial charge in [-0.15, -0.1) is 0 Å². The Hall–Kier alpha value is -2.73. The highest BCUT2D eigenvalue weighted by molar-refractivity contribution is 5.79. The second-order valence-electron chi connectivity index (χ2n) is 7.01. The third-order valence-electron chi connectivity index (χ3n) is 5.37. The van der Waals surface area contributed by atoms with Crippen molar-refractivity contribution >= 4 is 5.91 Å². The maximum absolute atomic E-state index is 12.7. The van der Waals surface area contributed by atoms with Crippen LogP contribution in [-0.2, 0) is 16.8 Å². The SMILES string of the molecule is COc1ccc(C2(O)CCN(C(=O)Cc3ccc(OC)c(OC)c3)CC2)cc1. The van der Waals surface area contributed by atoms with Crippen LogP contribution in [0.1, 0.15) is 24.0 Å². The van der Waals surface area contributed by atoms with E-state index in [-0.39, 0.29) is 5.91 Å². The molecule has 1 saturated heterocycles. The molecule has 0 saturated carbocycles. The quantitative estimate of drug-likeness (QED) is 0.828. The zero-order valence-electron chi connectivity index (χ0n) is 16.6. The zero-order chi connectivity index (χ0) is 20.1. The number of hydrogen-bond acceptors (Lipinski definition) is 5. The molecule has 0 spiro atoms. The summed E-state index contributed by atoms with van der Waals surface area (Å²) in [6.45, 7) is 1.04. The summed E-state index contributed by atoms with van der Waals surface area (Å²) in [6, 6.07) is 13.0. The second kappa shape index (κ2) is 8.52. The summed E-state index contributed by atoms with van der Waals surface area (Å²) in [5.74, 6) is 2.06. The highest BCUT2D eigenvalue weighted by Gasteiger charge is 2.35. The van der Waals surface area contributed by atoms with Crippen molar-refractivity contribution in [2.75, 3.05) is 34.4 Å². The molecule has 0 aromatic heterocycles. The first kappa shape index (κ1) is 20.0. The molecule has 0 bridgehead atoms. The number of carbonyl (C=O) groups excluding carboxylic acids is 1. The lowest BCUT2D eigenvalue weighted by atomic mass is 9.84. The minimum Gasteiger partial charge on any atom is -0.497 e. The normalized spacial score (nSPS) is 15.8. The minimum atomic E-state index is -0.910. The maximum atomic E-state index is 12.7. The number of hydrogen-bond donors (Lipinski definition) is 1. The first-order chi connectivity index (χ1) is 13.5. The standard InChI is InChI=1S/C22H27NO5/c1-26-18-7-5-17(6-8-18)22(25)10-12-23(13-11-22)21(24)15-16-4-9-19(27-2)20(14-16)28-3/h4-9,14,25H,10-13,15H2,1-3H3. The van der Waals surface area contributed by atoms with E-state index in [9.17, 15) is 9.90 Å². The average Bonchev–Trinajstić information content (AvgIpc) is 2.74. The van der Waals surface area contributed by atoms with E-state index in [4.69, 9.17) is 14.2 Å². The topological polar surface area (TPSA) is 68.2 Å². The molecule has 150 valence electrons. The number of nitrogens with zero attached hydrogens (tertiary/aromatic N) is 1. The molecule has 1 aliphatic heterocycles. The van der Waals surface area contributed by atoms with E-state index in [1.807, 2.05) is 41.3 Å². The third kappa shape index (κ3) is 4.22.